The van der Waals surface area contributed by atoms with Crippen LogP contribution in [0.15, 0.2) is 0 Å². The number of nitrogens with zero attached hydrogens (tertiary/aromatic N) is 1. The highest BCUT2D eigenvalue weighted by Gasteiger charge is 2.31. The van der Waals surface area contributed by atoms with E-state index in [1.54, 1.807) is 0 Å². The number of hydrogen-bond donors (Lipinski definition) is 1. The van der Waals surface area contributed by atoms with Crippen LogP contribution in [0.5, 0.6) is 0 Å². The summed E-state index contributed by atoms with van der Waals surface area (Å²) in [6.07, 6.45) is 3.33. The molecule has 2 saturated heterocycles. The Bertz CT molecular complexity index is 277. The summed E-state index contributed by atoms with van der Waals surface area (Å²) < 4.78 is 6.19. The van der Waals surface area contributed by atoms with E-state index in [0.717, 1.165) is 24.9 Å². The van der Waals surface area contributed by atoms with Gasteiger partial charge in [-0.1, -0.05) is 13.8 Å². The van der Waals surface area contributed by atoms with Crippen molar-refractivity contribution in [3.63, 3.8) is 0 Å². The highest BCUT2D eigenvalue weighted by molar-refractivity contribution is 4.84. The SMILES string of the molecule is CC1CN(CC2CCC(CNC(C)(C)C)O2)CC1C. The van der Waals surface area contributed by atoms with Gasteiger partial charge in [-0.2, -0.15) is 0 Å². The van der Waals surface area contributed by atoms with Crippen LogP contribution < -0.4 is 5.32 Å². The van der Waals surface area contributed by atoms with Crippen molar-refractivity contribution in [1.82, 2.24) is 10.2 Å². The maximum Gasteiger partial charge on any atom is 0.0707 e. The first-order valence-electron chi connectivity index (χ1n) is 7.96. The Balaban J connectivity index is 1.68. The molecule has 2 aliphatic rings. The lowest BCUT2D eigenvalue weighted by Crippen LogP contribution is -2.41. The quantitative estimate of drug-likeness (QED) is 0.848. The molecule has 2 fully saturated rings. The van der Waals surface area contributed by atoms with Crippen LogP contribution in [-0.2, 0) is 4.74 Å². The van der Waals surface area contributed by atoms with Crippen LogP contribution in [0.1, 0.15) is 47.5 Å². The first-order chi connectivity index (χ1) is 8.83. The second-order valence-corrected chi connectivity index (χ2v) is 7.76. The Morgan fingerprint density at radius 2 is 1.63 bits per heavy atom. The molecule has 4 unspecified atom stereocenters. The van der Waals surface area contributed by atoms with Gasteiger partial charge < -0.3 is 15.0 Å². The second kappa shape index (κ2) is 6.11. The lowest BCUT2D eigenvalue weighted by Gasteiger charge is -2.24. The van der Waals surface area contributed by atoms with Gasteiger partial charge in [0, 0.05) is 31.7 Å². The van der Waals surface area contributed by atoms with Crippen LogP contribution in [0, 0.1) is 11.8 Å². The minimum absolute atomic E-state index is 0.196. The average molecular weight is 268 g/mol. The van der Waals surface area contributed by atoms with Crippen LogP contribution in [0.2, 0.25) is 0 Å². The molecule has 4 atom stereocenters. The molecule has 0 aromatic carbocycles. The number of likely N-dealkylation sites (tertiary alicyclic amines) is 1. The predicted molar refractivity (Wildman–Crippen MR) is 80.4 cm³/mol. The predicted octanol–water partition coefficient (Wildman–Crippen LogP) is 2.51. The minimum atomic E-state index is 0.196. The summed E-state index contributed by atoms with van der Waals surface area (Å²) in [5.74, 6) is 1.69. The third-order valence-electron chi connectivity index (χ3n) is 4.58. The van der Waals surface area contributed by atoms with Crippen molar-refractivity contribution in [3.05, 3.63) is 0 Å². The van der Waals surface area contributed by atoms with Gasteiger partial charge in [0.05, 0.1) is 12.2 Å². The molecule has 19 heavy (non-hydrogen) atoms. The molecule has 2 rings (SSSR count). The molecule has 0 aromatic heterocycles. The molecule has 0 bridgehead atoms. The molecule has 0 spiro atoms. The fraction of sp³-hybridized carbons (Fsp3) is 1.00. The van der Waals surface area contributed by atoms with Gasteiger partial charge in [-0.25, -0.2) is 0 Å². The second-order valence-electron chi connectivity index (χ2n) is 7.76. The zero-order valence-electron chi connectivity index (χ0n) is 13.4. The molecule has 3 heteroatoms. The lowest BCUT2D eigenvalue weighted by atomic mass is 10.0. The zero-order valence-corrected chi connectivity index (χ0v) is 13.4. The molecule has 1 N–H and O–H groups in total. The molecular formula is C16H32N2O. The van der Waals surface area contributed by atoms with Crippen molar-refractivity contribution in [1.29, 1.82) is 0 Å². The topological polar surface area (TPSA) is 24.5 Å². The summed E-state index contributed by atoms with van der Waals surface area (Å²) >= 11 is 0. The van der Waals surface area contributed by atoms with E-state index >= 15 is 0 Å². The zero-order chi connectivity index (χ0) is 14.0. The van der Waals surface area contributed by atoms with E-state index in [0.29, 0.717) is 12.2 Å². The largest absolute Gasteiger partial charge is 0.372 e. The molecule has 0 aliphatic carbocycles. The van der Waals surface area contributed by atoms with Gasteiger partial charge in [-0.05, 0) is 45.4 Å². The summed E-state index contributed by atoms with van der Waals surface area (Å²) in [6, 6.07) is 0. The number of rotatable bonds is 4. The smallest absolute Gasteiger partial charge is 0.0707 e. The van der Waals surface area contributed by atoms with E-state index in [1.165, 1.54) is 25.9 Å². The van der Waals surface area contributed by atoms with Crippen LogP contribution in [-0.4, -0.2) is 48.8 Å². The molecular weight excluding hydrogens is 236 g/mol. The Morgan fingerprint density at radius 3 is 2.21 bits per heavy atom. The Morgan fingerprint density at radius 1 is 1.05 bits per heavy atom. The van der Waals surface area contributed by atoms with Crippen molar-refractivity contribution in [3.8, 4) is 0 Å². The molecule has 2 aliphatic heterocycles. The van der Waals surface area contributed by atoms with Crippen molar-refractivity contribution in [2.75, 3.05) is 26.2 Å². The molecule has 2 heterocycles. The van der Waals surface area contributed by atoms with Gasteiger partial charge >= 0.3 is 0 Å². The van der Waals surface area contributed by atoms with E-state index < -0.39 is 0 Å². The highest BCUT2D eigenvalue weighted by Crippen LogP contribution is 2.26. The van der Waals surface area contributed by atoms with Crippen molar-refractivity contribution in [2.24, 2.45) is 11.8 Å². The molecule has 0 amide bonds. The fourth-order valence-corrected chi connectivity index (χ4v) is 3.17. The van der Waals surface area contributed by atoms with Crippen molar-refractivity contribution in [2.45, 2.75) is 65.2 Å². The third kappa shape index (κ3) is 4.73. The Labute approximate surface area is 119 Å². The molecule has 112 valence electrons. The summed E-state index contributed by atoms with van der Waals surface area (Å²) in [6.45, 7) is 16.0. The number of nitrogens with one attached hydrogen (secondary N) is 1. The van der Waals surface area contributed by atoms with Crippen LogP contribution in [0.4, 0.5) is 0 Å². The van der Waals surface area contributed by atoms with Crippen LogP contribution in [0.3, 0.4) is 0 Å². The number of hydrogen-bond acceptors (Lipinski definition) is 3. The molecule has 0 aromatic rings. The van der Waals surface area contributed by atoms with E-state index in [-0.39, 0.29) is 5.54 Å². The maximum atomic E-state index is 6.19. The van der Waals surface area contributed by atoms with E-state index in [2.05, 4.69) is 44.8 Å². The maximum absolute atomic E-state index is 6.19. The third-order valence-corrected chi connectivity index (χ3v) is 4.58. The van der Waals surface area contributed by atoms with Gasteiger partial charge in [0.15, 0.2) is 0 Å². The highest BCUT2D eigenvalue weighted by atomic mass is 16.5. The lowest BCUT2D eigenvalue weighted by molar-refractivity contribution is 0.0241. The summed E-state index contributed by atoms with van der Waals surface area (Å²) in [7, 11) is 0. The van der Waals surface area contributed by atoms with E-state index in [1.807, 2.05) is 0 Å². The van der Waals surface area contributed by atoms with Crippen molar-refractivity contribution >= 4 is 0 Å². The van der Waals surface area contributed by atoms with Crippen LogP contribution >= 0.6 is 0 Å². The van der Waals surface area contributed by atoms with Gasteiger partial charge in [0.2, 0.25) is 0 Å². The van der Waals surface area contributed by atoms with E-state index in [9.17, 15) is 0 Å². The fourth-order valence-electron chi connectivity index (χ4n) is 3.17. The normalized spacial score (nSPS) is 37.1. The molecule has 0 radical (unpaired) electrons. The number of ether oxygens (including phenoxy) is 1. The first-order valence-corrected chi connectivity index (χ1v) is 7.96. The summed E-state index contributed by atoms with van der Waals surface area (Å²) in [4.78, 5) is 2.60. The van der Waals surface area contributed by atoms with Crippen molar-refractivity contribution < 1.29 is 4.74 Å². The van der Waals surface area contributed by atoms with Crippen LogP contribution in [0.25, 0.3) is 0 Å². The van der Waals surface area contributed by atoms with Gasteiger partial charge in [0.25, 0.3) is 0 Å². The standard InChI is InChI=1S/C16H32N2O/c1-12-9-18(10-13(12)2)11-15-7-6-14(19-15)8-17-16(3,4)5/h12-15,17H,6-11H2,1-5H3. The Kier molecular flexibility index (Phi) is 4.91. The monoisotopic (exact) mass is 268 g/mol. The molecule has 3 nitrogen and oxygen atoms in total. The van der Waals surface area contributed by atoms with Gasteiger partial charge in [-0.15, -0.1) is 0 Å². The average Bonchev–Trinajstić information content (AvgIpc) is 2.84. The van der Waals surface area contributed by atoms with Gasteiger partial charge in [-0.3, -0.25) is 0 Å². The summed E-state index contributed by atoms with van der Waals surface area (Å²) in [5.41, 5.74) is 0.196. The van der Waals surface area contributed by atoms with E-state index in [4.69, 9.17) is 4.74 Å². The van der Waals surface area contributed by atoms with Gasteiger partial charge in [0.1, 0.15) is 0 Å². The first kappa shape index (κ1) is 15.3. The Hall–Kier alpha value is -0.120. The minimum Gasteiger partial charge on any atom is -0.372 e. The summed E-state index contributed by atoms with van der Waals surface area (Å²) in [5, 5.41) is 3.55. The molecule has 0 saturated carbocycles.